The van der Waals surface area contributed by atoms with Gasteiger partial charge in [-0.05, 0) is 57.4 Å². The van der Waals surface area contributed by atoms with Gasteiger partial charge in [0.25, 0.3) is 0 Å². The lowest BCUT2D eigenvalue weighted by molar-refractivity contribution is 0.321. The number of rotatable bonds is 7. The first-order chi connectivity index (χ1) is 12.4. The van der Waals surface area contributed by atoms with E-state index >= 15 is 0 Å². The number of nitrogens with zero attached hydrogens (tertiary/aromatic N) is 3. The summed E-state index contributed by atoms with van der Waals surface area (Å²) in [6.45, 7) is 9.65. The minimum atomic E-state index is 0. The molecule has 0 bridgehead atoms. The first-order valence-corrected chi connectivity index (χ1v) is 9.06. The number of hydrogen-bond acceptors (Lipinski definition) is 3. The van der Waals surface area contributed by atoms with E-state index in [4.69, 9.17) is 4.74 Å². The third kappa shape index (κ3) is 7.04. The maximum absolute atomic E-state index is 5.76. The highest BCUT2D eigenvalue weighted by Gasteiger charge is 2.13. The summed E-state index contributed by atoms with van der Waals surface area (Å²) >= 11 is 0. The molecule has 1 aromatic heterocycles. The van der Waals surface area contributed by atoms with Crippen molar-refractivity contribution < 1.29 is 4.74 Å². The standard InChI is InChI=1S/C20H31N5O.HI/c1-14-8-7-9-18(12-14)26-11-10-22-20(21-5)23-15(2)13-19-16(3)24-25(6)17(19)4;/h7-9,12,15H,10-11,13H2,1-6H3,(H2,21,22,23);1H. The zero-order valence-corrected chi connectivity index (χ0v) is 19.5. The second-order valence-corrected chi connectivity index (χ2v) is 6.69. The number of hydrogen-bond donors (Lipinski definition) is 2. The minimum Gasteiger partial charge on any atom is -0.492 e. The predicted molar refractivity (Wildman–Crippen MR) is 122 cm³/mol. The van der Waals surface area contributed by atoms with Crippen LogP contribution in [-0.2, 0) is 13.5 Å². The lowest BCUT2D eigenvalue weighted by Gasteiger charge is -2.18. The van der Waals surface area contributed by atoms with Gasteiger partial charge in [0, 0.05) is 25.8 Å². The van der Waals surface area contributed by atoms with Gasteiger partial charge >= 0.3 is 0 Å². The molecule has 0 spiro atoms. The van der Waals surface area contributed by atoms with E-state index in [1.54, 1.807) is 7.05 Å². The Labute approximate surface area is 179 Å². The van der Waals surface area contributed by atoms with Crippen molar-refractivity contribution in [3.63, 3.8) is 0 Å². The zero-order valence-electron chi connectivity index (χ0n) is 17.2. The van der Waals surface area contributed by atoms with Crippen LogP contribution in [0.2, 0.25) is 0 Å². The molecule has 0 amide bonds. The van der Waals surface area contributed by atoms with E-state index in [1.807, 2.05) is 29.9 Å². The van der Waals surface area contributed by atoms with Gasteiger partial charge in [-0.15, -0.1) is 24.0 Å². The summed E-state index contributed by atoms with van der Waals surface area (Å²) in [6.07, 6.45) is 0.909. The van der Waals surface area contributed by atoms with Crippen molar-refractivity contribution in [2.45, 2.75) is 40.2 Å². The van der Waals surface area contributed by atoms with Crippen molar-refractivity contribution >= 4 is 29.9 Å². The normalized spacial score (nSPS) is 12.3. The number of guanidine groups is 1. The van der Waals surface area contributed by atoms with E-state index in [1.165, 1.54) is 16.8 Å². The Kier molecular flexibility index (Phi) is 9.62. The van der Waals surface area contributed by atoms with Crippen LogP contribution in [0.3, 0.4) is 0 Å². The zero-order chi connectivity index (χ0) is 19.1. The maximum atomic E-state index is 5.76. The number of aliphatic imine (C=N–C) groups is 1. The van der Waals surface area contributed by atoms with Crippen LogP contribution >= 0.6 is 24.0 Å². The summed E-state index contributed by atoms with van der Waals surface area (Å²) in [5.74, 6) is 1.68. The summed E-state index contributed by atoms with van der Waals surface area (Å²) in [6, 6.07) is 8.32. The monoisotopic (exact) mass is 485 g/mol. The fourth-order valence-corrected chi connectivity index (χ4v) is 2.94. The van der Waals surface area contributed by atoms with Crippen LogP contribution in [0.4, 0.5) is 0 Å². The fraction of sp³-hybridized carbons (Fsp3) is 0.500. The molecule has 150 valence electrons. The summed E-state index contributed by atoms with van der Waals surface area (Å²) in [5, 5.41) is 11.2. The number of nitrogens with one attached hydrogen (secondary N) is 2. The highest BCUT2D eigenvalue weighted by molar-refractivity contribution is 14.0. The van der Waals surface area contributed by atoms with E-state index in [0.717, 1.165) is 23.8 Å². The van der Waals surface area contributed by atoms with Gasteiger partial charge in [0.05, 0.1) is 12.2 Å². The molecule has 1 heterocycles. The van der Waals surface area contributed by atoms with Crippen molar-refractivity contribution in [1.82, 2.24) is 20.4 Å². The van der Waals surface area contributed by atoms with Crippen molar-refractivity contribution in [2.24, 2.45) is 12.0 Å². The van der Waals surface area contributed by atoms with E-state index in [-0.39, 0.29) is 30.0 Å². The van der Waals surface area contributed by atoms with Gasteiger partial charge in [-0.1, -0.05) is 12.1 Å². The van der Waals surface area contributed by atoms with Gasteiger partial charge in [0.2, 0.25) is 0 Å². The predicted octanol–water partition coefficient (Wildman–Crippen LogP) is 3.14. The Hall–Kier alpha value is -1.77. The van der Waals surface area contributed by atoms with Crippen LogP contribution in [-0.4, -0.2) is 42.0 Å². The molecular formula is C20H32IN5O. The van der Waals surface area contributed by atoms with Crippen LogP contribution in [0.1, 0.15) is 29.4 Å². The number of aryl methyl sites for hydroxylation is 3. The van der Waals surface area contributed by atoms with Crippen molar-refractivity contribution in [3.05, 3.63) is 46.8 Å². The van der Waals surface area contributed by atoms with Gasteiger partial charge in [-0.3, -0.25) is 9.67 Å². The molecule has 0 aliphatic rings. The number of halogens is 1. The lowest BCUT2D eigenvalue weighted by atomic mass is 10.1. The average molecular weight is 485 g/mol. The van der Waals surface area contributed by atoms with Crippen LogP contribution < -0.4 is 15.4 Å². The maximum Gasteiger partial charge on any atom is 0.191 e. The van der Waals surface area contributed by atoms with E-state index < -0.39 is 0 Å². The van der Waals surface area contributed by atoms with Crippen molar-refractivity contribution in [3.8, 4) is 5.75 Å². The van der Waals surface area contributed by atoms with Crippen LogP contribution in [0.15, 0.2) is 29.3 Å². The molecule has 0 aliphatic carbocycles. The second kappa shape index (κ2) is 11.2. The molecule has 1 atom stereocenters. The largest absolute Gasteiger partial charge is 0.492 e. The number of aromatic nitrogens is 2. The topological polar surface area (TPSA) is 63.5 Å². The van der Waals surface area contributed by atoms with Gasteiger partial charge in [0.15, 0.2) is 5.96 Å². The molecule has 0 saturated carbocycles. The molecule has 0 saturated heterocycles. The molecule has 2 rings (SSSR count). The molecule has 2 aromatic rings. The molecular weight excluding hydrogens is 453 g/mol. The van der Waals surface area contributed by atoms with Gasteiger partial charge in [-0.25, -0.2) is 0 Å². The molecule has 0 radical (unpaired) electrons. The Balaban J connectivity index is 0.00000364. The Bertz CT molecular complexity index is 757. The summed E-state index contributed by atoms with van der Waals surface area (Å²) in [5.41, 5.74) is 4.80. The molecule has 2 N–H and O–H groups in total. The lowest BCUT2D eigenvalue weighted by Crippen LogP contribution is -2.44. The number of ether oxygens (including phenoxy) is 1. The van der Waals surface area contributed by atoms with Gasteiger partial charge in [0.1, 0.15) is 12.4 Å². The first-order valence-electron chi connectivity index (χ1n) is 9.06. The fourth-order valence-electron chi connectivity index (χ4n) is 2.94. The summed E-state index contributed by atoms with van der Waals surface area (Å²) in [4.78, 5) is 4.30. The van der Waals surface area contributed by atoms with Crippen LogP contribution in [0.5, 0.6) is 5.75 Å². The van der Waals surface area contributed by atoms with Crippen molar-refractivity contribution in [2.75, 3.05) is 20.2 Å². The summed E-state index contributed by atoms with van der Waals surface area (Å²) < 4.78 is 7.70. The summed E-state index contributed by atoms with van der Waals surface area (Å²) in [7, 11) is 3.77. The minimum absolute atomic E-state index is 0. The highest BCUT2D eigenvalue weighted by atomic mass is 127. The Morgan fingerprint density at radius 2 is 2.04 bits per heavy atom. The molecule has 1 aromatic carbocycles. The molecule has 0 fully saturated rings. The van der Waals surface area contributed by atoms with Gasteiger partial charge < -0.3 is 15.4 Å². The van der Waals surface area contributed by atoms with E-state index in [0.29, 0.717) is 13.2 Å². The Morgan fingerprint density at radius 1 is 1.30 bits per heavy atom. The van der Waals surface area contributed by atoms with Gasteiger partial charge in [-0.2, -0.15) is 5.10 Å². The molecule has 0 aliphatic heterocycles. The van der Waals surface area contributed by atoms with E-state index in [9.17, 15) is 0 Å². The van der Waals surface area contributed by atoms with Crippen LogP contribution in [0, 0.1) is 20.8 Å². The average Bonchev–Trinajstić information content (AvgIpc) is 2.84. The second-order valence-electron chi connectivity index (χ2n) is 6.69. The third-order valence-electron chi connectivity index (χ3n) is 4.43. The third-order valence-corrected chi connectivity index (χ3v) is 4.43. The van der Waals surface area contributed by atoms with E-state index in [2.05, 4.69) is 54.5 Å². The molecule has 6 nitrogen and oxygen atoms in total. The number of benzene rings is 1. The SMILES string of the molecule is CN=C(NCCOc1cccc(C)c1)NC(C)Cc1c(C)nn(C)c1C.I. The molecule has 7 heteroatoms. The van der Waals surface area contributed by atoms with Crippen LogP contribution in [0.25, 0.3) is 0 Å². The molecule has 1 unspecified atom stereocenters. The quantitative estimate of drug-likeness (QED) is 0.274. The Morgan fingerprint density at radius 3 is 2.63 bits per heavy atom. The first kappa shape index (κ1) is 23.3. The van der Waals surface area contributed by atoms with Crippen molar-refractivity contribution in [1.29, 1.82) is 0 Å². The smallest absolute Gasteiger partial charge is 0.191 e. The highest BCUT2D eigenvalue weighted by Crippen LogP contribution is 2.14. The molecule has 27 heavy (non-hydrogen) atoms.